The molecule has 0 bridgehead atoms. The van der Waals surface area contributed by atoms with Crippen molar-refractivity contribution in [3.8, 4) is 22.8 Å². The van der Waals surface area contributed by atoms with Crippen molar-refractivity contribution in [2.24, 2.45) is 5.10 Å². The van der Waals surface area contributed by atoms with Gasteiger partial charge in [-0.05, 0) is 31.2 Å². The van der Waals surface area contributed by atoms with Crippen molar-refractivity contribution >= 4 is 39.0 Å². The number of amides is 1. The number of carbonyl (C=O) groups is 1. The summed E-state index contributed by atoms with van der Waals surface area (Å²) in [6.07, 6.45) is 1.54. The Morgan fingerprint density at radius 3 is 2.61 bits per heavy atom. The van der Waals surface area contributed by atoms with Gasteiger partial charge in [0, 0.05) is 21.0 Å². The van der Waals surface area contributed by atoms with Gasteiger partial charge >= 0.3 is 0 Å². The van der Waals surface area contributed by atoms with Crippen LogP contribution in [0, 0.1) is 0 Å². The van der Waals surface area contributed by atoms with E-state index < -0.39 is 0 Å². The molecule has 0 saturated carbocycles. The highest BCUT2D eigenvalue weighted by atomic mass is 79.9. The molecular formula is C26H22BrN3O3. The van der Waals surface area contributed by atoms with Crippen LogP contribution in [0.3, 0.4) is 0 Å². The second-order valence-electron chi connectivity index (χ2n) is 7.10. The number of fused-ring (bicyclic) bond motifs is 1. The molecule has 0 unspecified atom stereocenters. The number of para-hydroxylation sites is 1. The van der Waals surface area contributed by atoms with Gasteiger partial charge in [0.2, 0.25) is 0 Å². The van der Waals surface area contributed by atoms with Crippen LogP contribution in [-0.4, -0.2) is 30.8 Å². The summed E-state index contributed by atoms with van der Waals surface area (Å²) in [5.74, 6) is 0.801. The summed E-state index contributed by atoms with van der Waals surface area (Å²) in [5, 5.41) is 4.94. The van der Waals surface area contributed by atoms with Gasteiger partial charge < -0.3 is 9.47 Å². The molecule has 0 atom stereocenters. The summed E-state index contributed by atoms with van der Waals surface area (Å²) in [5.41, 5.74) is 6.20. The predicted octanol–water partition coefficient (Wildman–Crippen LogP) is 5.84. The molecule has 0 radical (unpaired) electrons. The fraction of sp³-hybridized carbons (Fsp3) is 0.115. The number of nitrogens with zero attached hydrogens (tertiary/aromatic N) is 2. The second-order valence-corrected chi connectivity index (χ2v) is 8.01. The topological polar surface area (TPSA) is 72.8 Å². The molecule has 0 spiro atoms. The summed E-state index contributed by atoms with van der Waals surface area (Å²) in [6.45, 7) is 2.36. The molecular weight excluding hydrogens is 482 g/mol. The number of ether oxygens (including phenoxy) is 2. The first-order valence-electron chi connectivity index (χ1n) is 10.4. The third kappa shape index (κ3) is 5.04. The molecule has 0 aliphatic carbocycles. The van der Waals surface area contributed by atoms with Crippen LogP contribution in [0.4, 0.5) is 0 Å². The van der Waals surface area contributed by atoms with Crippen LogP contribution in [0.5, 0.6) is 11.5 Å². The number of rotatable bonds is 7. The first kappa shape index (κ1) is 22.5. The third-order valence-electron chi connectivity index (χ3n) is 4.96. The Morgan fingerprint density at radius 1 is 1.09 bits per heavy atom. The van der Waals surface area contributed by atoms with E-state index in [2.05, 4.69) is 26.5 Å². The molecule has 33 heavy (non-hydrogen) atoms. The van der Waals surface area contributed by atoms with Crippen molar-refractivity contribution in [1.82, 2.24) is 10.4 Å². The average molecular weight is 504 g/mol. The lowest BCUT2D eigenvalue weighted by Gasteiger charge is -2.12. The van der Waals surface area contributed by atoms with Crippen molar-refractivity contribution in [2.45, 2.75) is 6.92 Å². The predicted molar refractivity (Wildman–Crippen MR) is 134 cm³/mol. The lowest BCUT2D eigenvalue weighted by atomic mass is 10.0. The largest absolute Gasteiger partial charge is 0.493 e. The second kappa shape index (κ2) is 10.3. The summed E-state index contributed by atoms with van der Waals surface area (Å²) in [6, 6.07) is 22.8. The number of methoxy groups -OCH3 is 1. The van der Waals surface area contributed by atoms with Crippen molar-refractivity contribution in [2.75, 3.05) is 13.7 Å². The van der Waals surface area contributed by atoms with Crippen LogP contribution in [0.15, 0.2) is 82.4 Å². The summed E-state index contributed by atoms with van der Waals surface area (Å²) in [7, 11) is 1.58. The fourth-order valence-electron chi connectivity index (χ4n) is 3.48. The van der Waals surface area contributed by atoms with Gasteiger partial charge in [-0.1, -0.05) is 64.5 Å². The van der Waals surface area contributed by atoms with Crippen LogP contribution in [0.2, 0.25) is 0 Å². The highest BCUT2D eigenvalue weighted by molar-refractivity contribution is 9.10. The Morgan fingerprint density at radius 2 is 1.85 bits per heavy atom. The summed E-state index contributed by atoms with van der Waals surface area (Å²) in [4.78, 5) is 17.8. The van der Waals surface area contributed by atoms with Crippen molar-refractivity contribution < 1.29 is 14.3 Å². The van der Waals surface area contributed by atoms with Gasteiger partial charge in [-0.2, -0.15) is 5.10 Å². The number of hydrogen-bond acceptors (Lipinski definition) is 5. The van der Waals surface area contributed by atoms with Crippen LogP contribution in [0.1, 0.15) is 22.8 Å². The lowest BCUT2D eigenvalue weighted by molar-refractivity contribution is 0.0956. The first-order chi connectivity index (χ1) is 16.1. The van der Waals surface area contributed by atoms with E-state index in [0.717, 1.165) is 26.6 Å². The Hall–Kier alpha value is -3.71. The van der Waals surface area contributed by atoms with Crippen LogP contribution < -0.4 is 14.9 Å². The molecule has 1 aromatic heterocycles. The van der Waals surface area contributed by atoms with Gasteiger partial charge in [-0.15, -0.1) is 0 Å². The van der Waals surface area contributed by atoms with Gasteiger partial charge in [-0.25, -0.2) is 10.4 Å². The zero-order valence-electron chi connectivity index (χ0n) is 18.2. The van der Waals surface area contributed by atoms with Crippen molar-refractivity contribution in [1.29, 1.82) is 0 Å². The Bertz CT molecular complexity index is 1320. The SMILES string of the molecule is CCOc1c(/C=N\NC(=O)c2cc(-c3ccccc3)nc3ccccc23)cc(Br)cc1OC. The lowest BCUT2D eigenvalue weighted by Crippen LogP contribution is -2.18. The van der Waals surface area contributed by atoms with E-state index in [-0.39, 0.29) is 5.91 Å². The van der Waals surface area contributed by atoms with Crippen molar-refractivity contribution in [3.05, 3.63) is 88.4 Å². The van der Waals surface area contributed by atoms with E-state index in [1.807, 2.05) is 73.7 Å². The minimum atomic E-state index is -0.332. The molecule has 0 aliphatic heterocycles. The van der Waals surface area contributed by atoms with Crippen LogP contribution in [0.25, 0.3) is 22.2 Å². The molecule has 4 aromatic rings. The van der Waals surface area contributed by atoms with Crippen molar-refractivity contribution in [3.63, 3.8) is 0 Å². The normalized spacial score (nSPS) is 11.0. The summed E-state index contributed by atoms with van der Waals surface area (Å²) >= 11 is 3.46. The van der Waals surface area contributed by atoms with Gasteiger partial charge in [0.15, 0.2) is 11.5 Å². The smallest absolute Gasteiger partial charge is 0.272 e. The number of carbonyl (C=O) groups excluding carboxylic acids is 1. The number of hydrazone groups is 1. The fourth-order valence-corrected chi connectivity index (χ4v) is 3.93. The van der Waals surface area contributed by atoms with E-state index in [4.69, 9.17) is 14.5 Å². The van der Waals surface area contributed by atoms with E-state index in [0.29, 0.717) is 29.2 Å². The Balaban J connectivity index is 1.67. The molecule has 166 valence electrons. The van der Waals surface area contributed by atoms with E-state index >= 15 is 0 Å². The van der Waals surface area contributed by atoms with Crippen LogP contribution >= 0.6 is 15.9 Å². The molecule has 3 aromatic carbocycles. The maximum absolute atomic E-state index is 13.1. The zero-order chi connectivity index (χ0) is 23.2. The zero-order valence-corrected chi connectivity index (χ0v) is 19.8. The third-order valence-corrected chi connectivity index (χ3v) is 5.41. The molecule has 0 saturated heterocycles. The Labute approximate surface area is 200 Å². The standard InChI is InChI=1S/C26H22BrN3O3/c1-3-33-25-18(13-19(27)14-24(25)32-2)16-28-30-26(31)21-15-23(17-9-5-4-6-10-17)29-22-12-8-7-11-20(21)22/h4-16H,3H2,1-2H3,(H,30,31)/b28-16-. The first-order valence-corrected chi connectivity index (χ1v) is 11.2. The monoisotopic (exact) mass is 503 g/mol. The van der Waals surface area contributed by atoms with Gasteiger partial charge in [0.1, 0.15) is 0 Å². The molecule has 1 heterocycles. The molecule has 0 aliphatic rings. The number of pyridine rings is 1. The number of benzene rings is 3. The molecule has 1 amide bonds. The average Bonchev–Trinajstić information content (AvgIpc) is 2.85. The van der Waals surface area contributed by atoms with Crippen LogP contribution in [-0.2, 0) is 0 Å². The molecule has 4 rings (SSSR count). The molecule has 7 heteroatoms. The summed E-state index contributed by atoms with van der Waals surface area (Å²) < 4.78 is 11.9. The number of halogens is 1. The van der Waals surface area contributed by atoms with Gasteiger partial charge in [0.25, 0.3) is 5.91 Å². The molecule has 0 fully saturated rings. The minimum Gasteiger partial charge on any atom is -0.493 e. The minimum absolute atomic E-state index is 0.332. The van der Waals surface area contributed by atoms with Gasteiger partial charge in [0.05, 0.1) is 36.7 Å². The van der Waals surface area contributed by atoms with E-state index in [9.17, 15) is 4.79 Å². The molecule has 1 N–H and O–H groups in total. The van der Waals surface area contributed by atoms with E-state index in [1.165, 1.54) is 6.21 Å². The number of hydrogen-bond donors (Lipinski definition) is 1. The van der Waals surface area contributed by atoms with E-state index in [1.54, 1.807) is 13.2 Å². The number of aromatic nitrogens is 1. The Kier molecular flexibility index (Phi) is 7.00. The van der Waals surface area contributed by atoms with Gasteiger partial charge in [-0.3, -0.25) is 4.79 Å². The maximum Gasteiger partial charge on any atom is 0.272 e. The molecule has 6 nitrogen and oxygen atoms in total. The highest BCUT2D eigenvalue weighted by Gasteiger charge is 2.14. The number of nitrogens with one attached hydrogen (secondary N) is 1. The quantitative estimate of drug-likeness (QED) is 0.254. The highest BCUT2D eigenvalue weighted by Crippen LogP contribution is 2.34. The maximum atomic E-state index is 13.1.